The molecule has 6 heteroatoms. The number of rotatable bonds is 3. The monoisotopic (exact) mass is 283 g/mol. The first-order valence-electron chi connectivity index (χ1n) is 6.72. The van der Waals surface area contributed by atoms with E-state index in [1.807, 2.05) is 7.05 Å². The molecule has 4 nitrogen and oxygen atoms in total. The standard InChI is InChI=1S/C14H19F2N3O/c1-19-5-3-2-4-9(19)8-18-14(20)10-6-13(17)12(16)7-11(10)15/h6-7,9H,2-5,8,17H2,1H3,(H,18,20). The van der Waals surface area contributed by atoms with Crippen LogP contribution in [0, 0.1) is 11.6 Å². The van der Waals surface area contributed by atoms with Crippen LogP contribution in [0.15, 0.2) is 12.1 Å². The van der Waals surface area contributed by atoms with Crippen molar-refractivity contribution in [1.29, 1.82) is 0 Å². The van der Waals surface area contributed by atoms with Gasteiger partial charge in [-0.05, 0) is 32.5 Å². The highest BCUT2D eigenvalue weighted by Gasteiger charge is 2.21. The summed E-state index contributed by atoms with van der Waals surface area (Å²) in [5.41, 5.74) is 4.91. The SMILES string of the molecule is CN1CCCCC1CNC(=O)c1cc(N)c(F)cc1F. The van der Waals surface area contributed by atoms with E-state index in [1.54, 1.807) is 0 Å². The van der Waals surface area contributed by atoms with E-state index in [2.05, 4.69) is 10.2 Å². The number of piperidine rings is 1. The van der Waals surface area contributed by atoms with Crippen LogP contribution in [0.5, 0.6) is 0 Å². The van der Waals surface area contributed by atoms with Crippen LogP contribution in [-0.2, 0) is 0 Å². The Balaban J connectivity index is 2.00. The zero-order valence-corrected chi connectivity index (χ0v) is 11.5. The summed E-state index contributed by atoms with van der Waals surface area (Å²) >= 11 is 0. The Morgan fingerprint density at radius 2 is 2.15 bits per heavy atom. The average Bonchev–Trinajstić information content (AvgIpc) is 2.41. The second kappa shape index (κ2) is 6.17. The van der Waals surface area contributed by atoms with Gasteiger partial charge in [-0.2, -0.15) is 0 Å². The predicted molar refractivity (Wildman–Crippen MR) is 73.4 cm³/mol. The number of carbonyl (C=O) groups excluding carboxylic acids is 1. The van der Waals surface area contributed by atoms with Crippen LogP contribution in [0.1, 0.15) is 29.6 Å². The Bertz CT molecular complexity index is 507. The van der Waals surface area contributed by atoms with Gasteiger partial charge in [0, 0.05) is 18.7 Å². The first-order chi connectivity index (χ1) is 9.49. The zero-order valence-electron chi connectivity index (χ0n) is 11.5. The molecule has 0 aliphatic carbocycles. The molecule has 1 aromatic carbocycles. The van der Waals surface area contributed by atoms with Crippen LogP contribution in [0.25, 0.3) is 0 Å². The lowest BCUT2D eigenvalue weighted by atomic mass is 10.0. The molecule has 1 aliphatic heterocycles. The number of benzene rings is 1. The molecule has 2 rings (SSSR count). The summed E-state index contributed by atoms with van der Waals surface area (Å²) in [7, 11) is 2.01. The highest BCUT2D eigenvalue weighted by atomic mass is 19.1. The number of nitrogens with zero attached hydrogens (tertiary/aromatic N) is 1. The number of likely N-dealkylation sites (N-methyl/N-ethyl adjacent to an activating group) is 1. The molecule has 0 saturated carbocycles. The highest BCUT2D eigenvalue weighted by Crippen LogP contribution is 2.17. The van der Waals surface area contributed by atoms with Gasteiger partial charge in [-0.15, -0.1) is 0 Å². The Kier molecular flexibility index (Phi) is 4.54. The van der Waals surface area contributed by atoms with E-state index in [0.717, 1.165) is 31.9 Å². The van der Waals surface area contributed by atoms with Crippen molar-refractivity contribution in [1.82, 2.24) is 10.2 Å². The molecule has 1 unspecified atom stereocenters. The number of amides is 1. The van der Waals surface area contributed by atoms with E-state index in [4.69, 9.17) is 5.73 Å². The maximum atomic E-state index is 13.6. The molecule has 3 N–H and O–H groups in total. The number of hydrogen-bond acceptors (Lipinski definition) is 3. The summed E-state index contributed by atoms with van der Waals surface area (Å²) in [6, 6.07) is 1.93. The van der Waals surface area contributed by atoms with E-state index < -0.39 is 17.5 Å². The van der Waals surface area contributed by atoms with Crippen LogP contribution in [0.2, 0.25) is 0 Å². The average molecular weight is 283 g/mol. The Morgan fingerprint density at radius 1 is 1.40 bits per heavy atom. The molecule has 1 saturated heterocycles. The quantitative estimate of drug-likeness (QED) is 0.831. The fourth-order valence-electron chi connectivity index (χ4n) is 2.45. The first-order valence-corrected chi connectivity index (χ1v) is 6.72. The van der Waals surface area contributed by atoms with Crippen molar-refractivity contribution in [2.45, 2.75) is 25.3 Å². The van der Waals surface area contributed by atoms with Crippen molar-refractivity contribution in [3.63, 3.8) is 0 Å². The first kappa shape index (κ1) is 14.7. The van der Waals surface area contributed by atoms with Crippen molar-refractivity contribution in [3.05, 3.63) is 29.3 Å². The van der Waals surface area contributed by atoms with E-state index in [-0.39, 0.29) is 17.3 Å². The van der Waals surface area contributed by atoms with Crippen molar-refractivity contribution in [2.24, 2.45) is 0 Å². The van der Waals surface area contributed by atoms with Crippen LogP contribution < -0.4 is 11.1 Å². The van der Waals surface area contributed by atoms with Crippen molar-refractivity contribution in [3.8, 4) is 0 Å². The fraction of sp³-hybridized carbons (Fsp3) is 0.500. The van der Waals surface area contributed by atoms with Crippen LogP contribution in [-0.4, -0.2) is 37.0 Å². The fourth-order valence-corrected chi connectivity index (χ4v) is 2.45. The third kappa shape index (κ3) is 3.25. The number of anilines is 1. The van der Waals surface area contributed by atoms with Gasteiger partial charge in [-0.1, -0.05) is 6.42 Å². The number of halogens is 2. The molecule has 1 fully saturated rings. The molecular weight excluding hydrogens is 264 g/mol. The van der Waals surface area contributed by atoms with Crippen molar-refractivity contribution < 1.29 is 13.6 Å². The molecule has 0 aromatic heterocycles. The number of nitrogens with one attached hydrogen (secondary N) is 1. The van der Waals surface area contributed by atoms with E-state index in [1.165, 1.54) is 0 Å². The normalized spacial score (nSPS) is 19.9. The summed E-state index contributed by atoms with van der Waals surface area (Å²) in [5, 5.41) is 2.69. The zero-order chi connectivity index (χ0) is 14.7. The molecular formula is C14H19F2N3O. The lowest BCUT2D eigenvalue weighted by Crippen LogP contribution is -2.44. The lowest BCUT2D eigenvalue weighted by Gasteiger charge is -2.32. The van der Waals surface area contributed by atoms with Crippen LogP contribution in [0.3, 0.4) is 0 Å². The van der Waals surface area contributed by atoms with E-state index in [0.29, 0.717) is 12.6 Å². The van der Waals surface area contributed by atoms with Gasteiger partial charge in [0.15, 0.2) is 0 Å². The third-order valence-electron chi connectivity index (χ3n) is 3.75. The third-order valence-corrected chi connectivity index (χ3v) is 3.75. The minimum Gasteiger partial charge on any atom is -0.396 e. The number of nitrogens with two attached hydrogens (primary N) is 1. The van der Waals surface area contributed by atoms with Gasteiger partial charge in [-0.25, -0.2) is 8.78 Å². The Morgan fingerprint density at radius 3 is 2.85 bits per heavy atom. The number of nitrogen functional groups attached to an aromatic ring is 1. The number of carbonyl (C=O) groups is 1. The van der Waals surface area contributed by atoms with Gasteiger partial charge in [0.1, 0.15) is 11.6 Å². The van der Waals surface area contributed by atoms with Crippen LogP contribution in [0.4, 0.5) is 14.5 Å². The van der Waals surface area contributed by atoms with E-state index in [9.17, 15) is 13.6 Å². The molecule has 1 aliphatic rings. The summed E-state index contributed by atoms with van der Waals surface area (Å²) in [4.78, 5) is 14.1. The largest absolute Gasteiger partial charge is 0.396 e. The molecule has 0 radical (unpaired) electrons. The predicted octanol–water partition coefficient (Wildman–Crippen LogP) is 1.76. The van der Waals surface area contributed by atoms with Crippen molar-refractivity contribution in [2.75, 3.05) is 25.9 Å². The van der Waals surface area contributed by atoms with Gasteiger partial charge < -0.3 is 16.0 Å². The summed E-state index contributed by atoms with van der Waals surface area (Å²) in [5.74, 6) is -2.31. The smallest absolute Gasteiger partial charge is 0.254 e. The van der Waals surface area contributed by atoms with Crippen LogP contribution >= 0.6 is 0 Å². The summed E-state index contributed by atoms with van der Waals surface area (Å²) in [6.07, 6.45) is 3.29. The number of hydrogen-bond donors (Lipinski definition) is 2. The summed E-state index contributed by atoms with van der Waals surface area (Å²) < 4.78 is 26.6. The molecule has 110 valence electrons. The lowest BCUT2D eigenvalue weighted by molar-refractivity contribution is 0.0924. The minimum absolute atomic E-state index is 0.220. The van der Waals surface area contributed by atoms with Crippen molar-refractivity contribution >= 4 is 11.6 Å². The highest BCUT2D eigenvalue weighted by molar-refractivity contribution is 5.95. The number of likely N-dealkylation sites (tertiary alicyclic amines) is 1. The molecule has 1 atom stereocenters. The van der Waals surface area contributed by atoms with Gasteiger partial charge in [0.2, 0.25) is 0 Å². The van der Waals surface area contributed by atoms with Gasteiger partial charge in [-0.3, -0.25) is 4.79 Å². The maximum Gasteiger partial charge on any atom is 0.254 e. The summed E-state index contributed by atoms with van der Waals surface area (Å²) in [6.45, 7) is 1.45. The molecule has 0 bridgehead atoms. The Hall–Kier alpha value is -1.69. The molecule has 20 heavy (non-hydrogen) atoms. The van der Waals surface area contributed by atoms with Gasteiger partial charge in [0.25, 0.3) is 5.91 Å². The van der Waals surface area contributed by atoms with Gasteiger partial charge >= 0.3 is 0 Å². The molecule has 1 amide bonds. The molecule has 1 heterocycles. The topological polar surface area (TPSA) is 58.4 Å². The second-order valence-electron chi connectivity index (χ2n) is 5.19. The molecule has 0 spiro atoms. The molecule has 1 aromatic rings. The maximum absolute atomic E-state index is 13.6. The second-order valence-corrected chi connectivity index (χ2v) is 5.19. The van der Waals surface area contributed by atoms with E-state index >= 15 is 0 Å². The Labute approximate surface area is 116 Å². The van der Waals surface area contributed by atoms with Gasteiger partial charge in [0.05, 0.1) is 11.3 Å². The minimum atomic E-state index is -0.897.